The molecule has 1 aromatic carbocycles. The molecule has 21 heavy (non-hydrogen) atoms. The summed E-state index contributed by atoms with van der Waals surface area (Å²) in [6, 6.07) is 7.86. The number of hydrogen-bond donors (Lipinski definition) is 1. The smallest absolute Gasteiger partial charge is 0.175 e. The summed E-state index contributed by atoms with van der Waals surface area (Å²) in [7, 11) is 1.67. The molecule has 0 spiro atoms. The Morgan fingerprint density at radius 3 is 2.81 bits per heavy atom. The van der Waals surface area contributed by atoms with Crippen LogP contribution in [0.4, 0.5) is 5.82 Å². The molecule has 112 valence electrons. The third-order valence-corrected chi connectivity index (χ3v) is 4.42. The van der Waals surface area contributed by atoms with Gasteiger partial charge in [0.05, 0.1) is 12.7 Å². The molecule has 2 aromatic rings. The first kappa shape index (κ1) is 14.0. The Bertz CT molecular complexity index is 601. The molecule has 1 fully saturated rings. The summed E-state index contributed by atoms with van der Waals surface area (Å²) in [6.45, 7) is 0. The predicted octanol–water partition coefficient (Wildman–Crippen LogP) is 4.06. The minimum atomic E-state index is 0.445. The summed E-state index contributed by atoms with van der Waals surface area (Å²) in [6.07, 6.45) is 7.45. The number of nitrogens with zero attached hydrogens (tertiary/aromatic N) is 1. The van der Waals surface area contributed by atoms with Gasteiger partial charge >= 0.3 is 0 Å². The fraction of sp³-hybridized carbons (Fsp3) is 0.471. The van der Waals surface area contributed by atoms with Gasteiger partial charge in [-0.05, 0) is 18.4 Å². The van der Waals surface area contributed by atoms with Crippen molar-refractivity contribution in [3.63, 3.8) is 0 Å². The van der Waals surface area contributed by atoms with Crippen molar-refractivity contribution in [2.24, 2.45) is 5.92 Å². The number of methoxy groups -OCH3 is 1. The molecule has 0 aliphatic heterocycles. The topological polar surface area (TPSA) is 61.3 Å². The van der Waals surface area contributed by atoms with Gasteiger partial charge in [0.2, 0.25) is 0 Å². The van der Waals surface area contributed by atoms with Gasteiger partial charge in [-0.25, -0.2) is 0 Å². The summed E-state index contributed by atoms with van der Waals surface area (Å²) in [5.41, 5.74) is 7.87. The fourth-order valence-electron chi connectivity index (χ4n) is 3.28. The largest absolute Gasteiger partial charge is 0.496 e. The maximum absolute atomic E-state index is 6.02. The van der Waals surface area contributed by atoms with Gasteiger partial charge in [0, 0.05) is 12.0 Å². The molecule has 0 amide bonds. The lowest BCUT2D eigenvalue weighted by Crippen LogP contribution is -1.98. The van der Waals surface area contributed by atoms with E-state index in [1.165, 1.54) is 25.7 Å². The Morgan fingerprint density at radius 2 is 2.05 bits per heavy atom. The quantitative estimate of drug-likeness (QED) is 0.900. The molecule has 1 aromatic heterocycles. The van der Waals surface area contributed by atoms with Crippen molar-refractivity contribution >= 4 is 5.82 Å². The second-order valence-electron chi connectivity index (χ2n) is 5.76. The number of aromatic nitrogens is 1. The molecule has 0 unspecified atom stereocenters. The van der Waals surface area contributed by atoms with E-state index in [1.807, 2.05) is 24.3 Å². The van der Waals surface area contributed by atoms with Gasteiger partial charge in [-0.15, -0.1) is 0 Å². The minimum Gasteiger partial charge on any atom is -0.496 e. The number of benzene rings is 1. The van der Waals surface area contributed by atoms with Crippen LogP contribution in [0.25, 0.3) is 11.1 Å². The van der Waals surface area contributed by atoms with Crippen molar-refractivity contribution in [2.75, 3.05) is 12.8 Å². The number of nitrogens with two attached hydrogens (primary N) is 1. The van der Waals surface area contributed by atoms with Crippen LogP contribution in [0.5, 0.6) is 5.75 Å². The zero-order valence-corrected chi connectivity index (χ0v) is 12.5. The summed E-state index contributed by atoms with van der Waals surface area (Å²) < 4.78 is 10.9. The summed E-state index contributed by atoms with van der Waals surface area (Å²) >= 11 is 0. The Morgan fingerprint density at radius 1 is 1.29 bits per heavy atom. The number of nitrogen functional groups attached to an aromatic ring is 1. The minimum absolute atomic E-state index is 0.445. The van der Waals surface area contributed by atoms with Crippen LogP contribution >= 0.6 is 0 Å². The zero-order chi connectivity index (χ0) is 14.7. The third-order valence-electron chi connectivity index (χ3n) is 4.42. The van der Waals surface area contributed by atoms with Crippen LogP contribution in [0.1, 0.15) is 37.9 Å². The molecule has 1 aliphatic carbocycles. The molecule has 1 heterocycles. The van der Waals surface area contributed by atoms with Crippen molar-refractivity contribution in [1.82, 2.24) is 5.16 Å². The lowest BCUT2D eigenvalue weighted by Gasteiger charge is -2.10. The van der Waals surface area contributed by atoms with Gasteiger partial charge in [0.1, 0.15) is 11.5 Å². The highest BCUT2D eigenvalue weighted by Gasteiger charge is 2.21. The zero-order valence-electron chi connectivity index (χ0n) is 12.5. The standard InChI is InChI=1S/C17H22N2O2/c1-20-14-9-5-4-8-13(14)16-15(21-19-17(16)18)11-10-12-6-2-3-7-12/h4-5,8-9,12H,2-3,6-7,10-11H2,1H3,(H2,18,19). The average Bonchev–Trinajstić information content (AvgIpc) is 3.14. The van der Waals surface area contributed by atoms with Crippen LogP contribution in [0.15, 0.2) is 28.8 Å². The molecule has 1 aliphatic rings. The van der Waals surface area contributed by atoms with Crippen LogP contribution in [0.3, 0.4) is 0 Å². The highest BCUT2D eigenvalue weighted by molar-refractivity contribution is 5.79. The van der Waals surface area contributed by atoms with E-state index in [0.29, 0.717) is 5.82 Å². The first-order valence-corrected chi connectivity index (χ1v) is 7.67. The van der Waals surface area contributed by atoms with E-state index in [0.717, 1.165) is 41.4 Å². The van der Waals surface area contributed by atoms with Crippen LogP contribution in [0.2, 0.25) is 0 Å². The number of hydrogen-bond acceptors (Lipinski definition) is 4. The van der Waals surface area contributed by atoms with Gasteiger partial charge in [-0.3, -0.25) is 0 Å². The number of para-hydroxylation sites is 1. The fourth-order valence-corrected chi connectivity index (χ4v) is 3.28. The Labute approximate surface area is 125 Å². The Hall–Kier alpha value is -1.97. The van der Waals surface area contributed by atoms with E-state index in [4.69, 9.17) is 15.0 Å². The molecule has 1 saturated carbocycles. The second-order valence-corrected chi connectivity index (χ2v) is 5.76. The van der Waals surface area contributed by atoms with Gasteiger partial charge < -0.3 is 15.0 Å². The highest BCUT2D eigenvalue weighted by atomic mass is 16.5. The lowest BCUT2D eigenvalue weighted by molar-refractivity contribution is 0.370. The van der Waals surface area contributed by atoms with Gasteiger partial charge in [-0.1, -0.05) is 49.0 Å². The van der Waals surface area contributed by atoms with Crippen LogP contribution in [0, 0.1) is 5.92 Å². The average molecular weight is 286 g/mol. The van der Waals surface area contributed by atoms with Gasteiger partial charge in [0.25, 0.3) is 0 Å². The Balaban J connectivity index is 1.85. The molecular formula is C17H22N2O2. The van der Waals surface area contributed by atoms with Crippen molar-refractivity contribution in [3.8, 4) is 16.9 Å². The molecule has 0 radical (unpaired) electrons. The summed E-state index contributed by atoms with van der Waals surface area (Å²) in [5, 5.41) is 3.96. The molecule has 4 nitrogen and oxygen atoms in total. The molecule has 0 atom stereocenters. The maximum Gasteiger partial charge on any atom is 0.175 e. The van der Waals surface area contributed by atoms with Gasteiger partial charge in [-0.2, -0.15) is 0 Å². The van der Waals surface area contributed by atoms with Crippen molar-refractivity contribution < 1.29 is 9.26 Å². The number of ether oxygens (including phenoxy) is 1. The van der Waals surface area contributed by atoms with E-state index < -0.39 is 0 Å². The lowest BCUT2D eigenvalue weighted by atomic mass is 9.97. The highest BCUT2D eigenvalue weighted by Crippen LogP contribution is 2.37. The molecule has 0 saturated heterocycles. The summed E-state index contributed by atoms with van der Waals surface area (Å²) in [4.78, 5) is 0. The SMILES string of the molecule is COc1ccccc1-c1c(N)noc1CCC1CCCC1. The van der Waals surface area contributed by atoms with E-state index in [2.05, 4.69) is 5.16 Å². The van der Waals surface area contributed by atoms with Crippen molar-refractivity contribution in [2.45, 2.75) is 38.5 Å². The maximum atomic E-state index is 6.02. The molecular weight excluding hydrogens is 264 g/mol. The number of rotatable bonds is 5. The van der Waals surface area contributed by atoms with Crippen molar-refractivity contribution in [1.29, 1.82) is 0 Å². The van der Waals surface area contributed by atoms with Crippen molar-refractivity contribution in [3.05, 3.63) is 30.0 Å². The normalized spacial score (nSPS) is 15.5. The molecule has 4 heteroatoms. The summed E-state index contributed by atoms with van der Waals surface area (Å²) in [5.74, 6) is 2.95. The molecule has 2 N–H and O–H groups in total. The second kappa shape index (κ2) is 6.20. The van der Waals surface area contributed by atoms with Crippen LogP contribution in [-0.4, -0.2) is 12.3 Å². The van der Waals surface area contributed by atoms with Gasteiger partial charge in [0.15, 0.2) is 5.82 Å². The number of aryl methyl sites for hydroxylation is 1. The number of anilines is 1. The van der Waals surface area contributed by atoms with Crippen LogP contribution in [-0.2, 0) is 6.42 Å². The van der Waals surface area contributed by atoms with Crippen LogP contribution < -0.4 is 10.5 Å². The molecule has 3 rings (SSSR count). The Kier molecular flexibility index (Phi) is 4.13. The first-order chi connectivity index (χ1) is 10.3. The van der Waals surface area contributed by atoms with E-state index in [1.54, 1.807) is 7.11 Å². The van der Waals surface area contributed by atoms with E-state index in [9.17, 15) is 0 Å². The van der Waals surface area contributed by atoms with E-state index >= 15 is 0 Å². The third kappa shape index (κ3) is 2.89. The molecule has 0 bridgehead atoms. The van der Waals surface area contributed by atoms with E-state index in [-0.39, 0.29) is 0 Å². The predicted molar refractivity (Wildman–Crippen MR) is 83.2 cm³/mol. The first-order valence-electron chi connectivity index (χ1n) is 7.67. The monoisotopic (exact) mass is 286 g/mol.